The first kappa shape index (κ1) is 23.7. The van der Waals surface area contributed by atoms with Gasteiger partial charge < -0.3 is 10.4 Å². The summed E-state index contributed by atoms with van der Waals surface area (Å²) in [7, 11) is 0. The van der Waals surface area contributed by atoms with Crippen molar-refractivity contribution in [3.63, 3.8) is 0 Å². The van der Waals surface area contributed by atoms with Crippen LogP contribution in [-0.4, -0.2) is 17.1 Å². The molecule has 0 spiro atoms. The summed E-state index contributed by atoms with van der Waals surface area (Å²) in [5.74, 6) is 3.42. The van der Waals surface area contributed by atoms with Crippen molar-refractivity contribution in [1.29, 1.82) is 0 Å². The number of hydrogen-bond donors (Lipinski definition) is 3. The molecule has 4 aliphatic carbocycles. The molecule has 0 saturated heterocycles. The van der Waals surface area contributed by atoms with Crippen molar-refractivity contribution in [2.45, 2.75) is 102 Å². The number of anilines is 1. The second kappa shape index (κ2) is 9.22. The average Bonchev–Trinajstić information content (AvgIpc) is 3.12. The van der Waals surface area contributed by atoms with E-state index in [1.165, 1.54) is 51.4 Å². The summed E-state index contributed by atoms with van der Waals surface area (Å²) < 4.78 is 0. The number of rotatable bonds is 5. The zero-order chi connectivity index (χ0) is 23.2. The molecule has 8 atom stereocenters. The largest absolute Gasteiger partial charge is 0.393 e. The molecule has 4 fully saturated rings. The van der Waals surface area contributed by atoms with Crippen molar-refractivity contribution in [3.05, 3.63) is 24.3 Å². The van der Waals surface area contributed by atoms with Crippen LogP contribution in [0.1, 0.15) is 90.9 Å². The maximum atomic E-state index is 12.5. The summed E-state index contributed by atoms with van der Waals surface area (Å²) in [6.07, 6.45) is 14.2. The fourth-order valence-electron chi connectivity index (χ4n) is 9.14. The number of amides is 1. The number of carbonyl (C=O) groups excluding carboxylic acids is 1. The lowest BCUT2D eigenvalue weighted by Crippen LogP contribution is -2.57. The molecule has 4 heteroatoms. The first-order chi connectivity index (χ1) is 15.8. The van der Waals surface area contributed by atoms with Crippen LogP contribution < -0.4 is 5.32 Å². The molecule has 0 heterocycles. The second-order valence-electron chi connectivity index (χ2n) is 12.3. The normalized spacial score (nSPS) is 42.2. The molecule has 0 aliphatic heterocycles. The number of para-hydroxylation sites is 1. The molecule has 182 valence electrons. The fourth-order valence-corrected chi connectivity index (χ4v) is 9.36. The minimum atomic E-state index is -0.0957. The Hall–Kier alpha value is -1.00. The van der Waals surface area contributed by atoms with E-state index < -0.39 is 0 Å². The van der Waals surface area contributed by atoms with E-state index in [0.717, 1.165) is 41.7 Å². The number of aliphatic hydroxyl groups excluding tert-OH is 1. The highest BCUT2D eigenvalue weighted by Crippen LogP contribution is 2.67. The quantitative estimate of drug-likeness (QED) is 0.403. The number of benzene rings is 1. The lowest BCUT2D eigenvalue weighted by atomic mass is 9.44. The Balaban J connectivity index is 1.21. The van der Waals surface area contributed by atoms with Gasteiger partial charge in [-0.3, -0.25) is 4.79 Å². The van der Waals surface area contributed by atoms with Crippen LogP contribution in [0.5, 0.6) is 0 Å². The zero-order valence-electron chi connectivity index (χ0n) is 20.6. The Morgan fingerprint density at radius 2 is 1.85 bits per heavy atom. The molecule has 0 bridgehead atoms. The van der Waals surface area contributed by atoms with Crippen LogP contribution in [0.2, 0.25) is 0 Å². The summed E-state index contributed by atoms with van der Waals surface area (Å²) in [5.41, 5.74) is 1.61. The topological polar surface area (TPSA) is 49.3 Å². The molecular weight excluding hydrogens is 426 g/mol. The molecule has 0 aromatic heterocycles. The maximum Gasteiger partial charge on any atom is 0.224 e. The minimum absolute atomic E-state index is 0.0957. The van der Waals surface area contributed by atoms with E-state index in [9.17, 15) is 9.90 Å². The summed E-state index contributed by atoms with van der Waals surface area (Å²) in [4.78, 5) is 13.3. The second-order valence-corrected chi connectivity index (χ2v) is 12.8. The molecule has 33 heavy (non-hydrogen) atoms. The van der Waals surface area contributed by atoms with E-state index in [-0.39, 0.29) is 12.0 Å². The number of aliphatic hydroxyl groups is 1. The van der Waals surface area contributed by atoms with Gasteiger partial charge in [0.25, 0.3) is 0 Å². The molecule has 3 nitrogen and oxygen atoms in total. The van der Waals surface area contributed by atoms with Gasteiger partial charge in [0.05, 0.1) is 11.8 Å². The lowest BCUT2D eigenvalue weighted by Gasteiger charge is -2.62. The maximum absolute atomic E-state index is 12.5. The smallest absolute Gasteiger partial charge is 0.224 e. The van der Waals surface area contributed by atoms with Gasteiger partial charge >= 0.3 is 0 Å². The average molecular weight is 470 g/mol. The molecule has 2 N–H and O–H groups in total. The third-order valence-electron chi connectivity index (χ3n) is 10.9. The van der Waals surface area contributed by atoms with Crippen molar-refractivity contribution in [3.8, 4) is 0 Å². The van der Waals surface area contributed by atoms with E-state index >= 15 is 0 Å². The molecule has 1 aromatic carbocycles. The standard InChI is InChI=1S/C29H43NO2S/c1-28-16-6-5-8-20(28)18-24(31)27-21-14-13-19(29(21,2)17-15-22(27)28)9-7-12-26(32)30-23-10-3-4-11-25(23)33/h3-4,10-11,19-22,24,27,31,33H,5-9,12-18H2,1-2H3,(H,30,32). The van der Waals surface area contributed by atoms with E-state index in [1.54, 1.807) is 0 Å². The van der Waals surface area contributed by atoms with Crippen LogP contribution in [0.4, 0.5) is 5.69 Å². The molecule has 1 amide bonds. The zero-order valence-corrected chi connectivity index (χ0v) is 21.5. The molecule has 8 unspecified atom stereocenters. The van der Waals surface area contributed by atoms with E-state index in [4.69, 9.17) is 0 Å². The summed E-state index contributed by atoms with van der Waals surface area (Å²) in [6, 6.07) is 7.68. The molecular formula is C29H43NO2S. The van der Waals surface area contributed by atoms with Gasteiger partial charge in [0, 0.05) is 11.3 Å². The Bertz CT molecular complexity index is 873. The first-order valence-electron chi connectivity index (χ1n) is 13.6. The number of nitrogens with one attached hydrogen (secondary N) is 1. The molecule has 0 radical (unpaired) electrons. The number of carbonyl (C=O) groups is 1. The van der Waals surface area contributed by atoms with Crippen molar-refractivity contribution in [2.75, 3.05) is 5.32 Å². The van der Waals surface area contributed by atoms with E-state index in [2.05, 4.69) is 31.8 Å². The monoisotopic (exact) mass is 469 g/mol. The highest BCUT2D eigenvalue weighted by molar-refractivity contribution is 7.80. The van der Waals surface area contributed by atoms with Crippen LogP contribution in [0, 0.1) is 40.4 Å². The van der Waals surface area contributed by atoms with E-state index in [1.807, 2.05) is 24.3 Å². The van der Waals surface area contributed by atoms with Gasteiger partial charge in [0.1, 0.15) is 0 Å². The Labute approximate surface area is 205 Å². The highest BCUT2D eigenvalue weighted by Gasteiger charge is 2.61. The Morgan fingerprint density at radius 1 is 1.06 bits per heavy atom. The summed E-state index contributed by atoms with van der Waals surface area (Å²) >= 11 is 4.44. The van der Waals surface area contributed by atoms with Gasteiger partial charge in [0.2, 0.25) is 5.91 Å². The van der Waals surface area contributed by atoms with Gasteiger partial charge in [0.15, 0.2) is 0 Å². The van der Waals surface area contributed by atoms with Crippen LogP contribution in [0.3, 0.4) is 0 Å². The third kappa shape index (κ3) is 4.18. The van der Waals surface area contributed by atoms with Crippen molar-refractivity contribution < 1.29 is 9.90 Å². The SMILES string of the molecule is CC12CCC3C(C(O)CC4CCCCC43C)C1CCC2CCCC(=O)Nc1ccccc1S. The first-order valence-corrected chi connectivity index (χ1v) is 14.0. The highest BCUT2D eigenvalue weighted by atomic mass is 32.1. The molecule has 4 saturated carbocycles. The predicted octanol–water partition coefficient (Wildman–Crippen LogP) is 7.10. The molecule has 4 aliphatic rings. The van der Waals surface area contributed by atoms with Gasteiger partial charge in [-0.15, -0.1) is 12.6 Å². The third-order valence-corrected chi connectivity index (χ3v) is 11.3. The molecule has 1 aromatic rings. The predicted molar refractivity (Wildman–Crippen MR) is 137 cm³/mol. The van der Waals surface area contributed by atoms with Crippen LogP contribution in [0.15, 0.2) is 29.2 Å². The fraction of sp³-hybridized carbons (Fsp3) is 0.759. The van der Waals surface area contributed by atoms with Gasteiger partial charge in [-0.25, -0.2) is 0 Å². The number of fused-ring (bicyclic) bond motifs is 5. The van der Waals surface area contributed by atoms with Crippen molar-refractivity contribution >= 4 is 24.2 Å². The summed E-state index contributed by atoms with van der Waals surface area (Å²) in [5, 5.41) is 14.4. The van der Waals surface area contributed by atoms with Crippen molar-refractivity contribution in [1.82, 2.24) is 0 Å². The minimum Gasteiger partial charge on any atom is -0.393 e. The Morgan fingerprint density at radius 3 is 2.67 bits per heavy atom. The van der Waals surface area contributed by atoms with Gasteiger partial charge in [-0.1, -0.05) is 38.8 Å². The van der Waals surface area contributed by atoms with E-state index in [0.29, 0.717) is 35.0 Å². The Kier molecular flexibility index (Phi) is 6.63. The lowest BCUT2D eigenvalue weighted by molar-refractivity contribution is -0.162. The van der Waals surface area contributed by atoms with Crippen LogP contribution in [-0.2, 0) is 4.79 Å². The van der Waals surface area contributed by atoms with Crippen LogP contribution >= 0.6 is 12.6 Å². The molecule has 5 rings (SSSR count). The summed E-state index contributed by atoms with van der Waals surface area (Å²) in [6.45, 7) is 5.11. The van der Waals surface area contributed by atoms with Gasteiger partial charge in [-0.05, 0) is 110 Å². The van der Waals surface area contributed by atoms with Gasteiger partial charge in [-0.2, -0.15) is 0 Å². The van der Waals surface area contributed by atoms with Crippen LogP contribution in [0.25, 0.3) is 0 Å². The van der Waals surface area contributed by atoms with Crippen molar-refractivity contribution in [2.24, 2.45) is 40.4 Å². The number of thiol groups is 1. The number of hydrogen-bond acceptors (Lipinski definition) is 3.